The van der Waals surface area contributed by atoms with Gasteiger partial charge in [-0.1, -0.05) is 36.4 Å². The van der Waals surface area contributed by atoms with Gasteiger partial charge >= 0.3 is 0 Å². The third-order valence-corrected chi connectivity index (χ3v) is 5.72. The molecule has 148 valence electrons. The highest BCUT2D eigenvalue weighted by molar-refractivity contribution is 6.01. The van der Waals surface area contributed by atoms with Crippen LogP contribution in [0.3, 0.4) is 0 Å². The quantitative estimate of drug-likeness (QED) is 0.570. The van der Waals surface area contributed by atoms with Crippen molar-refractivity contribution in [2.24, 2.45) is 0 Å². The summed E-state index contributed by atoms with van der Waals surface area (Å²) >= 11 is 0. The van der Waals surface area contributed by atoms with E-state index in [2.05, 4.69) is 16.4 Å². The fourth-order valence-electron chi connectivity index (χ4n) is 4.24. The van der Waals surface area contributed by atoms with Crippen molar-refractivity contribution in [1.29, 1.82) is 0 Å². The molecule has 0 spiro atoms. The molecule has 0 aliphatic carbocycles. The maximum Gasteiger partial charge on any atom is 0.228 e. The molecule has 0 radical (unpaired) electrons. The molecule has 30 heavy (non-hydrogen) atoms. The van der Waals surface area contributed by atoms with E-state index in [0.29, 0.717) is 25.5 Å². The average Bonchev–Trinajstić information content (AvgIpc) is 3.31. The molecule has 4 aromatic rings. The van der Waals surface area contributed by atoms with Crippen LogP contribution in [0.4, 0.5) is 16.0 Å². The number of hydrogen-bond donors (Lipinski definition) is 1. The number of aromatic nitrogens is 3. The summed E-state index contributed by atoms with van der Waals surface area (Å²) in [5.41, 5.74) is 6.53. The Morgan fingerprint density at radius 1 is 1.03 bits per heavy atom. The number of hydrogen-bond acceptors (Lipinski definition) is 4. The van der Waals surface area contributed by atoms with Crippen LogP contribution in [0.15, 0.2) is 60.8 Å². The summed E-state index contributed by atoms with van der Waals surface area (Å²) in [6.07, 6.45) is 1.29. The molecule has 0 unspecified atom stereocenters. The molecule has 4 heterocycles. The van der Waals surface area contributed by atoms with Gasteiger partial charge in [-0.05, 0) is 29.3 Å². The molecule has 6 nitrogen and oxygen atoms in total. The van der Waals surface area contributed by atoms with Gasteiger partial charge in [0, 0.05) is 23.0 Å². The van der Waals surface area contributed by atoms with Crippen molar-refractivity contribution in [1.82, 2.24) is 14.6 Å². The van der Waals surface area contributed by atoms with E-state index in [9.17, 15) is 9.18 Å². The molecule has 1 saturated heterocycles. The van der Waals surface area contributed by atoms with Crippen LogP contribution in [-0.4, -0.2) is 39.8 Å². The fourth-order valence-corrected chi connectivity index (χ4v) is 4.24. The standard InChI is InChI=1S/C23H18FN5O/c24-17-12-28(13-17)23-25-9-8-19-21(15-6-7-18-16(10-15)11-20(30)26-18)22(27-29(19)23)14-4-2-1-3-5-14/h1-10,17H,11-13H2,(H,26,30). The first-order valence-electron chi connectivity index (χ1n) is 9.93. The zero-order chi connectivity index (χ0) is 20.2. The van der Waals surface area contributed by atoms with Crippen molar-refractivity contribution in [2.45, 2.75) is 12.6 Å². The Kier molecular flexibility index (Phi) is 3.65. The van der Waals surface area contributed by atoms with Crippen molar-refractivity contribution in [3.63, 3.8) is 0 Å². The summed E-state index contributed by atoms with van der Waals surface area (Å²) in [7, 11) is 0. The number of fused-ring (bicyclic) bond motifs is 2. The third kappa shape index (κ3) is 2.58. The molecule has 1 fully saturated rings. The lowest BCUT2D eigenvalue weighted by atomic mass is 9.97. The molecule has 6 rings (SSSR count). The highest BCUT2D eigenvalue weighted by Gasteiger charge is 2.30. The first-order chi connectivity index (χ1) is 14.7. The monoisotopic (exact) mass is 399 g/mol. The minimum absolute atomic E-state index is 0.00958. The molecule has 2 aromatic carbocycles. The predicted molar refractivity (Wildman–Crippen MR) is 113 cm³/mol. The van der Waals surface area contributed by atoms with E-state index in [4.69, 9.17) is 5.10 Å². The highest BCUT2D eigenvalue weighted by atomic mass is 19.1. The molecule has 0 bridgehead atoms. The molecule has 1 amide bonds. The van der Waals surface area contributed by atoms with E-state index >= 15 is 0 Å². The lowest BCUT2D eigenvalue weighted by Crippen LogP contribution is -2.49. The molecule has 0 atom stereocenters. The minimum Gasteiger partial charge on any atom is -0.335 e. The Morgan fingerprint density at radius 2 is 1.87 bits per heavy atom. The van der Waals surface area contributed by atoms with Gasteiger partial charge in [0.15, 0.2) is 0 Å². The van der Waals surface area contributed by atoms with Crippen LogP contribution in [-0.2, 0) is 11.2 Å². The SMILES string of the molecule is O=C1Cc2cc(-c3c(-c4ccccc4)nn4c(N5CC(F)C5)nccc34)ccc2N1. The van der Waals surface area contributed by atoms with Crippen molar-refractivity contribution in [3.05, 3.63) is 66.4 Å². The first kappa shape index (κ1) is 17.1. The van der Waals surface area contributed by atoms with Gasteiger partial charge in [-0.25, -0.2) is 9.37 Å². The second-order valence-electron chi connectivity index (χ2n) is 7.73. The summed E-state index contributed by atoms with van der Waals surface area (Å²) in [6.45, 7) is 0.656. The Bertz CT molecular complexity index is 1290. The van der Waals surface area contributed by atoms with Crippen LogP contribution in [0.2, 0.25) is 0 Å². The van der Waals surface area contributed by atoms with Crippen molar-refractivity contribution < 1.29 is 9.18 Å². The van der Waals surface area contributed by atoms with Gasteiger partial charge in [0.2, 0.25) is 11.9 Å². The summed E-state index contributed by atoms with van der Waals surface area (Å²) < 4.78 is 15.3. The number of amides is 1. The highest BCUT2D eigenvalue weighted by Crippen LogP contribution is 2.39. The number of rotatable bonds is 3. The van der Waals surface area contributed by atoms with Crippen LogP contribution < -0.4 is 10.2 Å². The predicted octanol–water partition coefficient (Wildman–Crippen LogP) is 3.72. The molecular formula is C23H18FN5O. The van der Waals surface area contributed by atoms with E-state index in [-0.39, 0.29) is 5.91 Å². The van der Waals surface area contributed by atoms with Gasteiger partial charge in [-0.2, -0.15) is 9.61 Å². The van der Waals surface area contributed by atoms with Crippen molar-refractivity contribution in [2.75, 3.05) is 23.3 Å². The summed E-state index contributed by atoms with van der Waals surface area (Å²) in [5.74, 6) is 0.651. The van der Waals surface area contributed by atoms with Crippen LogP contribution in [0.5, 0.6) is 0 Å². The summed E-state index contributed by atoms with van der Waals surface area (Å²) in [6, 6.07) is 17.9. The summed E-state index contributed by atoms with van der Waals surface area (Å²) in [5, 5.41) is 7.79. The van der Waals surface area contributed by atoms with Gasteiger partial charge in [0.05, 0.1) is 25.0 Å². The largest absolute Gasteiger partial charge is 0.335 e. The number of benzene rings is 2. The smallest absolute Gasteiger partial charge is 0.228 e. The van der Waals surface area contributed by atoms with E-state index in [0.717, 1.165) is 39.2 Å². The zero-order valence-electron chi connectivity index (χ0n) is 16.0. The number of alkyl halides is 1. The molecule has 0 saturated carbocycles. The number of carbonyl (C=O) groups is 1. The number of halogens is 1. The van der Waals surface area contributed by atoms with Crippen LogP contribution >= 0.6 is 0 Å². The molecule has 2 aliphatic heterocycles. The van der Waals surface area contributed by atoms with Crippen molar-refractivity contribution in [3.8, 4) is 22.4 Å². The van der Waals surface area contributed by atoms with Gasteiger partial charge < -0.3 is 10.2 Å². The fraction of sp³-hybridized carbons (Fsp3) is 0.174. The Hall–Kier alpha value is -3.74. The van der Waals surface area contributed by atoms with Gasteiger partial charge in [-0.15, -0.1) is 0 Å². The molecule has 2 aromatic heterocycles. The minimum atomic E-state index is -0.826. The topological polar surface area (TPSA) is 62.5 Å². The van der Waals surface area contributed by atoms with E-state index in [1.807, 2.05) is 53.4 Å². The zero-order valence-corrected chi connectivity index (χ0v) is 16.0. The lowest BCUT2D eigenvalue weighted by Gasteiger charge is -2.34. The lowest BCUT2D eigenvalue weighted by molar-refractivity contribution is -0.115. The normalized spacial score (nSPS) is 15.9. The van der Waals surface area contributed by atoms with Gasteiger partial charge in [0.1, 0.15) is 11.9 Å². The number of nitrogens with zero attached hydrogens (tertiary/aromatic N) is 4. The second kappa shape index (κ2) is 6.38. The molecular weight excluding hydrogens is 381 g/mol. The maximum atomic E-state index is 13.5. The first-order valence-corrected chi connectivity index (χ1v) is 9.93. The van der Waals surface area contributed by atoms with E-state index in [1.54, 1.807) is 10.7 Å². The average molecular weight is 399 g/mol. The van der Waals surface area contributed by atoms with Crippen molar-refractivity contribution >= 4 is 23.1 Å². The Morgan fingerprint density at radius 3 is 2.67 bits per heavy atom. The third-order valence-electron chi connectivity index (χ3n) is 5.72. The molecule has 1 N–H and O–H groups in total. The number of anilines is 2. The van der Waals surface area contributed by atoms with Gasteiger partial charge in [-0.3, -0.25) is 4.79 Å². The van der Waals surface area contributed by atoms with Crippen LogP contribution in [0.25, 0.3) is 27.9 Å². The van der Waals surface area contributed by atoms with E-state index in [1.165, 1.54) is 0 Å². The van der Waals surface area contributed by atoms with E-state index < -0.39 is 6.17 Å². The Labute approximate surface area is 172 Å². The van der Waals surface area contributed by atoms with Crippen LogP contribution in [0.1, 0.15) is 5.56 Å². The number of nitrogens with one attached hydrogen (secondary N) is 1. The maximum absolute atomic E-state index is 13.5. The molecule has 7 heteroatoms. The number of carbonyl (C=O) groups excluding carboxylic acids is 1. The second-order valence-corrected chi connectivity index (χ2v) is 7.73. The van der Waals surface area contributed by atoms with Gasteiger partial charge in [0.25, 0.3) is 0 Å². The molecule has 2 aliphatic rings. The summed E-state index contributed by atoms with van der Waals surface area (Å²) in [4.78, 5) is 18.2. The van der Waals surface area contributed by atoms with Crippen LogP contribution in [0, 0.1) is 0 Å². The Balaban J connectivity index is 1.59.